The summed E-state index contributed by atoms with van der Waals surface area (Å²) < 4.78 is 5.71. The zero-order valence-electron chi connectivity index (χ0n) is 12.5. The quantitative estimate of drug-likeness (QED) is 0.854. The Morgan fingerprint density at radius 3 is 3.13 bits per heavy atom. The fourth-order valence-electron chi connectivity index (χ4n) is 2.53. The Morgan fingerprint density at radius 2 is 2.35 bits per heavy atom. The summed E-state index contributed by atoms with van der Waals surface area (Å²) in [6.45, 7) is 1.57. The summed E-state index contributed by atoms with van der Waals surface area (Å²) in [6, 6.07) is 3.13. The molecule has 120 valence electrons. The molecule has 3 heterocycles. The van der Waals surface area contributed by atoms with Crippen molar-refractivity contribution in [1.29, 1.82) is 0 Å². The molecule has 23 heavy (non-hydrogen) atoms. The standard InChI is InChI=1S/C15H17N5O3/c21-14-7-12(16-10-17-14)1-2-13-9-20(5-6-23-13)15(22)11-3-4-18-19-8-11/h3-4,7-8,10,13H,1-2,5-6,9H2,(H,16,17,21). The minimum Gasteiger partial charge on any atom is -0.375 e. The summed E-state index contributed by atoms with van der Waals surface area (Å²) in [5.41, 5.74) is 1.08. The van der Waals surface area contributed by atoms with Gasteiger partial charge in [-0.3, -0.25) is 9.59 Å². The van der Waals surface area contributed by atoms with Gasteiger partial charge in [0.2, 0.25) is 0 Å². The first-order valence-electron chi connectivity index (χ1n) is 7.43. The van der Waals surface area contributed by atoms with Crippen molar-refractivity contribution in [3.63, 3.8) is 0 Å². The van der Waals surface area contributed by atoms with Crippen LogP contribution in [0.15, 0.2) is 35.6 Å². The molecule has 0 saturated carbocycles. The average molecular weight is 315 g/mol. The van der Waals surface area contributed by atoms with E-state index >= 15 is 0 Å². The second kappa shape index (κ2) is 7.10. The molecule has 0 aliphatic carbocycles. The Morgan fingerprint density at radius 1 is 1.43 bits per heavy atom. The number of nitrogens with zero attached hydrogens (tertiary/aromatic N) is 4. The molecule has 2 aromatic heterocycles. The van der Waals surface area contributed by atoms with Crippen LogP contribution in [0.2, 0.25) is 0 Å². The maximum absolute atomic E-state index is 12.4. The molecule has 0 bridgehead atoms. The van der Waals surface area contributed by atoms with Gasteiger partial charge in [-0.15, -0.1) is 0 Å². The van der Waals surface area contributed by atoms with E-state index in [-0.39, 0.29) is 17.6 Å². The predicted octanol–water partition coefficient (Wildman–Crippen LogP) is 0.0337. The number of morpholine rings is 1. The monoisotopic (exact) mass is 315 g/mol. The topological polar surface area (TPSA) is 101 Å². The number of hydrogen-bond acceptors (Lipinski definition) is 6. The van der Waals surface area contributed by atoms with E-state index < -0.39 is 0 Å². The SMILES string of the molecule is O=C(c1ccnnc1)N1CCOC(CCc2cc(=O)[nH]cn2)C1. The van der Waals surface area contributed by atoms with E-state index in [1.165, 1.54) is 24.8 Å². The Kier molecular flexibility index (Phi) is 4.72. The molecule has 1 aliphatic rings. The minimum atomic E-state index is -0.165. The molecular formula is C15H17N5O3. The first-order chi connectivity index (χ1) is 11.2. The number of H-pyrrole nitrogens is 1. The molecular weight excluding hydrogens is 298 g/mol. The van der Waals surface area contributed by atoms with Gasteiger partial charge in [0.1, 0.15) is 0 Å². The van der Waals surface area contributed by atoms with Crippen LogP contribution in [-0.2, 0) is 11.2 Å². The van der Waals surface area contributed by atoms with Crippen molar-refractivity contribution in [3.8, 4) is 0 Å². The van der Waals surface area contributed by atoms with Gasteiger partial charge in [-0.05, 0) is 18.9 Å². The van der Waals surface area contributed by atoms with Gasteiger partial charge in [-0.1, -0.05) is 0 Å². The number of aromatic nitrogens is 4. The second-order valence-corrected chi connectivity index (χ2v) is 5.32. The molecule has 0 aromatic carbocycles. The third kappa shape index (κ3) is 3.98. The van der Waals surface area contributed by atoms with Gasteiger partial charge in [0.25, 0.3) is 11.5 Å². The molecule has 8 nitrogen and oxygen atoms in total. The van der Waals surface area contributed by atoms with Crippen LogP contribution in [0.25, 0.3) is 0 Å². The van der Waals surface area contributed by atoms with Crippen LogP contribution in [0.3, 0.4) is 0 Å². The Hall–Kier alpha value is -2.61. The molecule has 8 heteroatoms. The lowest BCUT2D eigenvalue weighted by molar-refractivity contribution is -0.0247. The molecule has 0 spiro atoms. The fourth-order valence-corrected chi connectivity index (χ4v) is 2.53. The number of amides is 1. The smallest absolute Gasteiger partial charge is 0.255 e. The lowest BCUT2D eigenvalue weighted by Crippen LogP contribution is -2.45. The third-order valence-electron chi connectivity index (χ3n) is 3.71. The number of aromatic amines is 1. The highest BCUT2D eigenvalue weighted by atomic mass is 16.5. The van der Waals surface area contributed by atoms with E-state index in [2.05, 4.69) is 20.2 Å². The number of ether oxygens (including phenoxy) is 1. The molecule has 1 aliphatic heterocycles. The van der Waals surface area contributed by atoms with Crippen molar-refractivity contribution < 1.29 is 9.53 Å². The zero-order valence-corrected chi connectivity index (χ0v) is 12.5. The normalized spacial score (nSPS) is 17.9. The summed E-state index contributed by atoms with van der Waals surface area (Å²) in [7, 11) is 0. The van der Waals surface area contributed by atoms with Gasteiger partial charge < -0.3 is 14.6 Å². The van der Waals surface area contributed by atoms with E-state index in [0.29, 0.717) is 38.1 Å². The Labute approximate surface area is 132 Å². The van der Waals surface area contributed by atoms with Crippen LogP contribution in [0.1, 0.15) is 22.5 Å². The van der Waals surface area contributed by atoms with Crippen molar-refractivity contribution >= 4 is 5.91 Å². The van der Waals surface area contributed by atoms with Gasteiger partial charge >= 0.3 is 0 Å². The van der Waals surface area contributed by atoms with Crippen LogP contribution in [-0.4, -0.2) is 56.8 Å². The molecule has 1 N–H and O–H groups in total. The molecule has 1 amide bonds. The highest BCUT2D eigenvalue weighted by Crippen LogP contribution is 2.13. The molecule has 3 rings (SSSR count). The van der Waals surface area contributed by atoms with Crippen LogP contribution < -0.4 is 5.56 Å². The van der Waals surface area contributed by atoms with Crippen LogP contribution in [0.5, 0.6) is 0 Å². The molecule has 2 aromatic rings. The molecule has 1 atom stereocenters. The molecule has 1 unspecified atom stereocenters. The minimum absolute atomic E-state index is 0.0661. The largest absolute Gasteiger partial charge is 0.375 e. The molecule has 1 fully saturated rings. The lowest BCUT2D eigenvalue weighted by Gasteiger charge is -2.33. The predicted molar refractivity (Wildman–Crippen MR) is 80.9 cm³/mol. The summed E-state index contributed by atoms with van der Waals surface area (Å²) >= 11 is 0. The number of hydrogen-bond donors (Lipinski definition) is 1. The van der Waals surface area contributed by atoms with Gasteiger partial charge in [0.15, 0.2) is 0 Å². The van der Waals surface area contributed by atoms with Crippen molar-refractivity contribution in [2.45, 2.75) is 18.9 Å². The van der Waals surface area contributed by atoms with Crippen LogP contribution in [0, 0.1) is 0 Å². The van der Waals surface area contributed by atoms with Crippen molar-refractivity contribution in [3.05, 3.63) is 52.5 Å². The number of carbonyl (C=O) groups is 1. The van der Waals surface area contributed by atoms with Crippen LogP contribution >= 0.6 is 0 Å². The summed E-state index contributed by atoms with van der Waals surface area (Å²) in [5.74, 6) is -0.0671. The van der Waals surface area contributed by atoms with Crippen molar-refractivity contribution in [2.24, 2.45) is 0 Å². The highest BCUT2D eigenvalue weighted by Gasteiger charge is 2.25. The van der Waals surface area contributed by atoms with Gasteiger partial charge in [-0.25, -0.2) is 4.98 Å². The Bertz CT molecular complexity index is 718. The summed E-state index contributed by atoms with van der Waals surface area (Å²) in [4.78, 5) is 32.0. The number of rotatable bonds is 4. The van der Waals surface area contributed by atoms with E-state index in [4.69, 9.17) is 4.74 Å². The molecule has 1 saturated heterocycles. The summed E-state index contributed by atoms with van der Waals surface area (Å²) in [5, 5.41) is 7.41. The Balaban J connectivity index is 1.58. The van der Waals surface area contributed by atoms with Crippen molar-refractivity contribution in [1.82, 2.24) is 25.1 Å². The van der Waals surface area contributed by atoms with E-state index in [0.717, 1.165) is 5.69 Å². The van der Waals surface area contributed by atoms with Crippen LogP contribution in [0.4, 0.5) is 0 Å². The maximum atomic E-state index is 12.4. The van der Waals surface area contributed by atoms with Gasteiger partial charge in [0.05, 0.1) is 37.0 Å². The average Bonchev–Trinajstić information content (AvgIpc) is 2.60. The second-order valence-electron chi connectivity index (χ2n) is 5.32. The zero-order chi connectivity index (χ0) is 16.1. The fraction of sp³-hybridized carbons (Fsp3) is 0.400. The number of aryl methyl sites for hydroxylation is 1. The van der Waals surface area contributed by atoms with Crippen molar-refractivity contribution in [2.75, 3.05) is 19.7 Å². The molecule has 0 radical (unpaired) electrons. The third-order valence-corrected chi connectivity index (χ3v) is 3.71. The first-order valence-corrected chi connectivity index (χ1v) is 7.43. The van der Waals surface area contributed by atoms with E-state index in [1.54, 1.807) is 11.0 Å². The summed E-state index contributed by atoms with van der Waals surface area (Å²) in [6.07, 6.45) is 5.63. The highest BCUT2D eigenvalue weighted by molar-refractivity contribution is 5.93. The number of carbonyl (C=O) groups excluding carboxylic acids is 1. The lowest BCUT2D eigenvalue weighted by atomic mass is 10.1. The van der Waals surface area contributed by atoms with E-state index in [9.17, 15) is 9.59 Å². The van der Waals surface area contributed by atoms with Gasteiger partial charge in [-0.2, -0.15) is 10.2 Å². The first kappa shape index (κ1) is 15.3. The van der Waals surface area contributed by atoms with E-state index in [1.807, 2.05) is 0 Å². The number of nitrogens with one attached hydrogen (secondary N) is 1. The van der Waals surface area contributed by atoms with Gasteiger partial charge in [0, 0.05) is 24.8 Å². The maximum Gasteiger partial charge on any atom is 0.255 e.